The second-order valence-electron chi connectivity index (χ2n) is 5.91. The van der Waals surface area contributed by atoms with Gasteiger partial charge >= 0.3 is 0 Å². The van der Waals surface area contributed by atoms with Gasteiger partial charge in [-0.15, -0.1) is 0 Å². The predicted octanol–water partition coefficient (Wildman–Crippen LogP) is 3.84. The monoisotopic (exact) mass is 282 g/mol. The van der Waals surface area contributed by atoms with Crippen LogP contribution in [0.5, 0.6) is 0 Å². The third-order valence-electron chi connectivity index (χ3n) is 4.55. The first-order valence-corrected chi connectivity index (χ1v) is 7.61. The molecule has 21 heavy (non-hydrogen) atoms. The Morgan fingerprint density at radius 3 is 2.38 bits per heavy atom. The molecule has 0 spiro atoms. The van der Waals surface area contributed by atoms with Crippen LogP contribution in [0.1, 0.15) is 41.9 Å². The number of rotatable bonds is 5. The lowest BCUT2D eigenvalue weighted by atomic mass is 9.78. The Morgan fingerprint density at radius 2 is 1.76 bits per heavy atom. The molecule has 0 bridgehead atoms. The highest BCUT2D eigenvalue weighted by atomic mass is 16.5. The van der Waals surface area contributed by atoms with Gasteiger partial charge in [-0.2, -0.15) is 0 Å². The highest BCUT2D eigenvalue weighted by Crippen LogP contribution is 2.38. The summed E-state index contributed by atoms with van der Waals surface area (Å²) in [4.78, 5) is 0. The summed E-state index contributed by atoms with van der Waals surface area (Å²) in [6.07, 6.45) is 3.84. The molecule has 1 unspecified atom stereocenters. The van der Waals surface area contributed by atoms with Gasteiger partial charge in [0, 0.05) is 7.11 Å². The van der Waals surface area contributed by atoms with E-state index in [2.05, 4.69) is 12.1 Å². The number of hydrogen-bond acceptors (Lipinski definition) is 2. The maximum Gasteiger partial charge on any atom is 0.138 e. The van der Waals surface area contributed by atoms with Crippen molar-refractivity contribution in [1.29, 1.82) is 0 Å². The van der Waals surface area contributed by atoms with Crippen molar-refractivity contribution in [3.63, 3.8) is 0 Å². The van der Waals surface area contributed by atoms with Crippen LogP contribution in [0.25, 0.3) is 0 Å². The summed E-state index contributed by atoms with van der Waals surface area (Å²) in [5, 5.41) is 11.2. The Bertz CT molecular complexity index is 590. The van der Waals surface area contributed by atoms with Crippen LogP contribution in [0.4, 0.5) is 0 Å². The number of aliphatic hydroxyl groups is 1. The lowest BCUT2D eigenvalue weighted by Crippen LogP contribution is -2.32. The van der Waals surface area contributed by atoms with Crippen LogP contribution in [-0.2, 0) is 10.3 Å². The molecule has 2 nitrogen and oxygen atoms in total. The normalized spacial score (nSPS) is 18.0. The fourth-order valence-electron chi connectivity index (χ4n) is 3.05. The summed E-state index contributed by atoms with van der Waals surface area (Å²) in [7, 11) is 1.63. The Kier molecular flexibility index (Phi) is 4.09. The minimum absolute atomic E-state index is 0.255. The van der Waals surface area contributed by atoms with Crippen molar-refractivity contribution in [2.75, 3.05) is 13.7 Å². The fourth-order valence-corrected chi connectivity index (χ4v) is 3.05. The molecule has 2 heteroatoms. The topological polar surface area (TPSA) is 29.5 Å². The molecule has 1 fully saturated rings. The molecule has 0 radical (unpaired) electrons. The number of hydrogen-bond donors (Lipinski definition) is 1. The molecule has 0 amide bonds. The molecule has 0 heterocycles. The smallest absolute Gasteiger partial charge is 0.138 e. The number of methoxy groups -OCH3 is 1. The minimum Gasteiger partial charge on any atom is -0.381 e. The largest absolute Gasteiger partial charge is 0.381 e. The maximum atomic E-state index is 11.2. The summed E-state index contributed by atoms with van der Waals surface area (Å²) < 4.78 is 5.31. The van der Waals surface area contributed by atoms with E-state index >= 15 is 0 Å². The summed E-state index contributed by atoms with van der Waals surface area (Å²) in [6, 6.07) is 18.1. The third kappa shape index (κ3) is 2.74. The highest BCUT2D eigenvalue weighted by Gasteiger charge is 2.32. The fraction of sp³-hybridized carbons (Fsp3) is 0.368. The summed E-state index contributed by atoms with van der Waals surface area (Å²) in [6.45, 7) is 0.255. The van der Waals surface area contributed by atoms with Crippen LogP contribution < -0.4 is 0 Å². The van der Waals surface area contributed by atoms with Crippen LogP contribution >= 0.6 is 0 Å². The highest BCUT2D eigenvalue weighted by molar-refractivity contribution is 5.39. The van der Waals surface area contributed by atoms with E-state index in [1.165, 1.54) is 24.8 Å². The van der Waals surface area contributed by atoms with E-state index in [0.29, 0.717) is 5.92 Å². The van der Waals surface area contributed by atoms with Gasteiger partial charge in [0.25, 0.3) is 0 Å². The maximum absolute atomic E-state index is 11.2. The van der Waals surface area contributed by atoms with Gasteiger partial charge in [0.05, 0.1) is 6.61 Å². The zero-order valence-corrected chi connectivity index (χ0v) is 12.5. The van der Waals surface area contributed by atoms with Gasteiger partial charge in [0.15, 0.2) is 0 Å². The molecule has 0 aromatic heterocycles. The number of benzene rings is 2. The van der Waals surface area contributed by atoms with E-state index in [-0.39, 0.29) is 6.61 Å². The van der Waals surface area contributed by atoms with Crippen molar-refractivity contribution < 1.29 is 9.84 Å². The molecule has 110 valence electrons. The Balaban J connectivity index is 2.00. The molecule has 0 saturated heterocycles. The van der Waals surface area contributed by atoms with Gasteiger partial charge in [-0.25, -0.2) is 0 Å². The first-order valence-electron chi connectivity index (χ1n) is 7.61. The molecule has 2 aromatic carbocycles. The molecular formula is C19H22O2. The molecule has 1 aliphatic carbocycles. The minimum atomic E-state index is -1.09. The van der Waals surface area contributed by atoms with E-state index in [0.717, 1.165) is 11.1 Å². The summed E-state index contributed by atoms with van der Waals surface area (Å²) in [5.41, 5.74) is 2.04. The van der Waals surface area contributed by atoms with Crippen molar-refractivity contribution in [2.24, 2.45) is 0 Å². The van der Waals surface area contributed by atoms with Gasteiger partial charge in [-0.05, 0) is 35.4 Å². The lowest BCUT2D eigenvalue weighted by molar-refractivity contribution is -0.00336. The summed E-state index contributed by atoms with van der Waals surface area (Å²) in [5.74, 6) is 0.660. The zero-order chi connectivity index (χ0) is 14.7. The van der Waals surface area contributed by atoms with Gasteiger partial charge in [-0.1, -0.05) is 61.0 Å². The first kappa shape index (κ1) is 14.3. The van der Waals surface area contributed by atoms with Crippen LogP contribution in [0.15, 0.2) is 54.6 Å². The van der Waals surface area contributed by atoms with Gasteiger partial charge in [0.1, 0.15) is 5.60 Å². The predicted molar refractivity (Wildman–Crippen MR) is 84.4 cm³/mol. The van der Waals surface area contributed by atoms with Crippen molar-refractivity contribution >= 4 is 0 Å². The van der Waals surface area contributed by atoms with Crippen molar-refractivity contribution in [1.82, 2.24) is 0 Å². The van der Waals surface area contributed by atoms with Crippen LogP contribution in [-0.4, -0.2) is 18.8 Å². The first-order chi connectivity index (χ1) is 10.2. The van der Waals surface area contributed by atoms with E-state index in [9.17, 15) is 5.11 Å². The molecule has 1 atom stereocenters. The quantitative estimate of drug-likeness (QED) is 0.903. The van der Waals surface area contributed by atoms with E-state index < -0.39 is 5.60 Å². The number of ether oxygens (including phenoxy) is 1. The molecule has 3 rings (SSSR count). The molecule has 1 aliphatic rings. The second kappa shape index (κ2) is 6.00. The van der Waals surface area contributed by atoms with E-state index in [1.54, 1.807) is 7.11 Å². The van der Waals surface area contributed by atoms with Crippen molar-refractivity contribution in [3.8, 4) is 0 Å². The molecule has 1 saturated carbocycles. The van der Waals surface area contributed by atoms with Crippen LogP contribution in [0.3, 0.4) is 0 Å². The summed E-state index contributed by atoms with van der Waals surface area (Å²) >= 11 is 0. The van der Waals surface area contributed by atoms with E-state index in [4.69, 9.17) is 4.74 Å². The molecule has 0 aliphatic heterocycles. The Hall–Kier alpha value is -1.64. The molecule has 2 aromatic rings. The van der Waals surface area contributed by atoms with Crippen molar-refractivity contribution in [2.45, 2.75) is 30.8 Å². The molecular weight excluding hydrogens is 260 g/mol. The van der Waals surface area contributed by atoms with Crippen LogP contribution in [0, 0.1) is 0 Å². The van der Waals surface area contributed by atoms with Crippen molar-refractivity contribution in [3.05, 3.63) is 71.3 Å². The lowest BCUT2D eigenvalue weighted by Gasteiger charge is -2.31. The molecule has 1 N–H and O–H groups in total. The standard InChI is InChI=1S/C19H22O2/c1-21-14-19(20,17-10-3-2-4-11-17)18-12-6-9-16(13-18)15-7-5-8-15/h2-4,6,9-13,15,20H,5,7-8,14H2,1H3. The zero-order valence-electron chi connectivity index (χ0n) is 12.5. The van der Waals surface area contributed by atoms with Crippen LogP contribution in [0.2, 0.25) is 0 Å². The third-order valence-corrected chi connectivity index (χ3v) is 4.55. The average molecular weight is 282 g/mol. The second-order valence-corrected chi connectivity index (χ2v) is 5.91. The Morgan fingerprint density at radius 1 is 1.05 bits per heavy atom. The van der Waals surface area contributed by atoms with Gasteiger partial charge < -0.3 is 9.84 Å². The van der Waals surface area contributed by atoms with Gasteiger partial charge in [0.2, 0.25) is 0 Å². The van der Waals surface area contributed by atoms with Gasteiger partial charge in [-0.3, -0.25) is 0 Å². The Labute approximate surface area is 126 Å². The average Bonchev–Trinajstić information content (AvgIpc) is 2.47. The SMILES string of the molecule is COCC(O)(c1ccccc1)c1cccc(C2CCC2)c1. The van der Waals surface area contributed by atoms with E-state index in [1.807, 2.05) is 42.5 Å².